The first-order valence-corrected chi connectivity index (χ1v) is 11.6. The van der Waals surface area contributed by atoms with E-state index < -0.39 is 17.8 Å². The third kappa shape index (κ3) is 6.39. The quantitative estimate of drug-likeness (QED) is 0.500. The summed E-state index contributed by atoms with van der Waals surface area (Å²) in [5.41, 5.74) is 1.63. The Balaban J connectivity index is 1.38. The van der Waals surface area contributed by atoms with Gasteiger partial charge in [0.1, 0.15) is 5.75 Å². The molecule has 1 saturated heterocycles. The maximum atomic E-state index is 13.2. The number of hydrogen-bond donors (Lipinski definition) is 1. The Kier molecular flexibility index (Phi) is 7.70. The van der Waals surface area contributed by atoms with Gasteiger partial charge in [-0.1, -0.05) is 36.4 Å². The summed E-state index contributed by atoms with van der Waals surface area (Å²) >= 11 is 0. The molecule has 4 rings (SSSR count). The summed E-state index contributed by atoms with van der Waals surface area (Å²) in [6, 6.07) is 18.2. The van der Waals surface area contributed by atoms with Gasteiger partial charge in [-0.05, 0) is 67.4 Å². The molecule has 8 heteroatoms. The molecule has 1 aliphatic heterocycles. The van der Waals surface area contributed by atoms with E-state index in [1.54, 1.807) is 19.4 Å². The average Bonchev–Trinajstić information content (AvgIpc) is 2.88. The highest BCUT2D eigenvalue weighted by Crippen LogP contribution is 2.30. The topological polar surface area (TPSA) is 54.5 Å². The number of pyridine rings is 1. The number of carbonyl (C=O) groups is 1. The fraction of sp³-hybridized carbons (Fsp3) is 0.333. The minimum absolute atomic E-state index is 0.0461. The SMILES string of the molecule is COc1ccc(C(NC(=O)C2CCN(Cc3cccc(C(F)(F)F)c3)CC2)c2ccccn2)cc1. The van der Waals surface area contributed by atoms with Gasteiger partial charge in [-0.3, -0.25) is 14.7 Å². The van der Waals surface area contributed by atoms with Crippen molar-refractivity contribution in [3.63, 3.8) is 0 Å². The van der Waals surface area contributed by atoms with Gasteiger partial charge < -0.3 is 10.1 Å². The third-order valence-corrected chi connectivity index (χ3v) is 6.34. The third-order valence-electron chi connectivity index (χ3n) is 6.34. The molecule has 1 amide bonds. The van der Waals surface area contributed by atoms with Crippen LogP contribution in [0.15, 0.2) is 72.9 Å². The van der Waals surface area contributed by atoms with E-state index in [9.17, 15) is 18.0 Å². The number of ether oxygens (including phenoxy) is 1. The molecule has 1 atom stereocenters. The smallest absolute Gasteiger partial charge is 0.416 e. The van der Waals surface area contributed by atoms with Crippen molar-refractivity contribution < 1.29 is 22.7 Å². The lowest BCUT2D eigenvalue weighted by molar-refractivity contribution is -0.137. The molecule has 2 aromatic carbocycles. The summed E-state index contributed by atoms with van der Waals surface area (Å²) in [6.45, 7) is 1.72. The molecule has 2 heterocycles. The molecule has 1 aliphatic rings. The number of halogens is 3. The molecule has 184 valence electrons. The van der Waals surface area contributed by atoms with E-state index in [-0.39, 0.29) is 11.8 Å². The zero-order valence-electron chi connectivity index (χ0n) is 19.5. The monoisotopic (exact) mass is 483 g/mol. The first-order valence-electron chi connectivity index (χ1n) is 11.6. The van der Waals surface area contributed by atoms with Gasteiger partial charge in [-0.25, -0.2) is 0 Å². The minimum Gasteiger partial charge on any atom is -0.497 e. The Morgan fingerprint density at radius 3 is 2.46 bits per heavy atom. The molecule has 1 fully saturated rings. The van der Waals surface area contributed by atoms with Crippen molar-refractivity contribution in [1.82, 2.24) is 15.2 Å². The lowest BCUT2D eigenvalue weighted by Crippen LogP contribution is -2.41. The number of likely N-dealkylation sites (tertiary alicyclic amines) is 1. The van der Waals surface area contributed by atoms with Crippen molar-refractivity contribution >= 4 is 5.91 Å². The number of benzene rings is 2. The molecule has 1 unspecified atom stereocenters. The second-order valence-electron chi connectivity index (χ2n) is 8.72. The van der Waals surface area contributed by atoms with E-state index in [4.69, 9.17) is 4.74 Å². The maximum absolute atomic E-state index is 13.2. The second kappa shape index (κ2) is 10.9. The van der Waals surface area contributed by atoms with Crippen LogP contribution >= 0.6 is 0 Å². The first-order chi connectivity index (χ1) is 16.8. The number of carbonyl (C=O) groups excluding carboxylic acids is 1. The Morgan fingerprint density at radius 1 is 1.09 bits per heavy atom. The lowest BCUT2D eigenvalue weighted by atomic mass is 9.94. The fourth-order valence-electron chi connectivity index (χ4n) is 4.39. The van der Waals surface area contributed by atoms with E-state index in [0.717, 1.165) is 23.1 Å². The van der Waals surface area contributed by atoms with Gasteiger partial charge in [0.2, 0.25) is 5.91 Å². The lowest BCUT2D eigenvalue weighted by Gasteiger charge is -2.32. The Morgan fingerprint density at radius 2 is 1.83 bits per heavy atom. The summed E-state index contributed by atoms with van der Waals surface area (Å²) in [7, 11) is 1.60. The van der Waals surface area contributed by atoms with Crippen molar-refractivity contribution in [2.24, 2.45) is 5.92 Å². The number of rotatable bonds is 7. The molecule has 0 saturated carbocycles. The molecular weight excluding hydrogens is 455 g/mol. The van der Waals surface area contributed by atoms with Crippen LogP contribution in [0.4, 0.5) is 13.2 Å². The van der Waals surface area contributed by atoms with E-state index in [1.165, 1.54) is 12.1 Å². The second-order valence-corrected chi connectivity index (χ2v) is 8.72. The zero-order valence-corrected chi connectivity index (χ0v) is 19.5. The van der Waals surface area contributed by atoms with Crippen LogP contribution in [-0.4, -0.2) is 36.0 Å². The van der Waals surface area contributed by atoms with Gasteiger partial charge in [0.15, 0.2) is 0 Å². The van der Waals surface area contributed by atoms with Crippen molar-refractivity contribution in [3.8, 4) is 5.75 Å². The van der Waals surface area contributed by atoms with Crippen LogP contribution in [0.2, 0.25) is 0 Å². The van der Waals surface area contributed by atoms with Crippen LogP contribution in [0, 0.1) is 5.92 Å². The summed E-state index contributed by atoms with van der Waals surface area (Å²) < 4.78 is 44.3. The highest BCUT2D eigenvalue weighted by molar-refractivity contribution is 5.79. The zero-order chi connectivity index (χ0) is 24.8. The molecular formula is C27H28F3N3O2. The molecule has 3 aromatic rings. The Bertz CT molecular complexity index is 1110. The van der Waals surface area contributed by atoms with Gasteiger partial charge in [0, 0.05) is 18.7 Å². The predicted molar refractivity (Wildman–Crippen MR) is 127 cm³/mol. The Labute approximate surface area is 202 Å². The number of alkyl halides is 3. The van der Waals surface area contributed by atoms with Gasteiger partial charge in [-0.15, -0.1) is 0 Å². The molecule has 35 heavy (non-hydrogen) atoms. The van der Waals surface area contributed by atoms with Crippen LogP contribution in [0.25, 0.3) is 0 Å². The number of nitrogens with zero attached hydrogens (tertiary/aromatic N) is 2. The standard InChI is InChI=1S/C27H28F3N3O2/c1-35-23-10-8-20(9-11-23)25(24-7-2-3-14-31-24)32-26(34)21-12-15-33(16-13-21)18-19-5-4-6-22(17-19)27(28,29)30/h2-11,14,17,21,25H,12-13,15-16,18H2,1H3,(H,32,34). The number of nitrogens with one attached hydrogen (secondary N) is 1. The normalized spacial score (nSPS) is 16.0. The number of piperidine rings is 1. The maximum Gasteiger partial charge on any atom is 0.416 e. The predicted octanol–water partition coefficient (Wildman–Crippen LogP) is 5.23. The molecule has 5 nitrogen and oxygen atoms in total. The van der Waals surface area contributed by atoms with E-state index >= 15 is 0 Å². The summed E-state index contributed by atoms with van der Waals surface area (Å²) in [4.78, 5) is 19.7. The van der Waals surface area contributed by atoms with Gasteiger partial charge in [0.25, 0.3) is 0 Å². The molecule has 0 aliphatic carbocycles. The van der Waals surface area contributed by atoms with Gasteiger partial charge >= 0.3 is 6.18 Å². The number of hydrogen-bond acceptors (Lipinski definition) is 4. The summed E-state index contributed by atoms with van der Waals surface area (Å²) in [5, 5.41) is 3.16. The fourth-order valence-corrected chi connectivity index (χ4v) is 4.39. The molecule has 1 aromatic heterocycles. The Hall–Kier alpha value is -3.39. The van der Waals surface area contributed by atoms with E-state index in [2.05, 4.69) is 15.2 Å². The molecule has 0 bridgehead atoms. The number of methoxy groups -OCH3 is 1. The van der Waals surface area contributed by atoms with Crippen LogP contribution < -0.4 is 10.1 Å². The largest absolute Gasteiger partial charge is 0.497 e. The summed E-state index contributed by atoms with van der Waals surface area (Å²) in [6.07, 6.45) is -1.37. The minimum atomic E-state index is -4.35. The van der Waals surface area contributed by atoms with Crippen LogP contribution in [0.3, 0.4) is 0 Å². The van der Waals surface area contributed by atoms with E-state index in [0.29, 0.717) is 38.0 Å². The summed E-state index contributed by atoms with van der Waals surface area (Å²) in [5.74, 6) is 0.514. The van der Waals surface area contributed by atoms with Crippen LogP contribution in [-0.2, 0) is 17.5 Å². The highest BCUT2D eigenvalue weighted by atomic mass is 19.4. The van der Waals surface area contributed by atoms with Crippen molar-refractivity contribution in [1.29, 1.82) is 0 Å². The average molecular weight is 484 g/mol. The van der Waals surface area contributed by atoms with Crippen molar-refractivity contribution in [3.05, 3.63) is 95.3 Å². The first kappa shape index (κ1) is 24.7. The van der Waals surface area contributed by atoms with Crippen molar-refractivity contribution in [2.45, 2.75) is 31.6 Å². The molecule has 1 N–H and O–H groups in total. The van der Waals surface area contributed by atoms with Crippen molar-refractivity contribution in [2.75, 3.05) is 20.2 Å². The van der Waals surface area contributed by atoms with Gasteiger partial charge in [-0.2, -0.15) is 13.2 Å². The van der Waals surface area contributed by atoms with Crippen LogP contribution in [0.5, 0.6) is 5.75 Å². The van der Waals surface area contributed by atoms with Crippen LogP contribution in [0.1, 0.15) is 41.3 Å². The highest BCUT2D eigenvalue weighted by Gasteiger charge is 2.31. The molecule has 0 spiro atoms. The molecule has 0 radical (unpaired) electrons. The van der Waals surface area contributed by atoms with Gasteiger partial charge in [0.05, 0.1) is 24.4 Å². The number of aromatic nitrogens is 1. The van der Waals surface area contributed by atoms with E-state index in [1.807, 2.05) is 42.5 Å². The number of amides is 1.